The van der Waals surface area contributed by atoms with Crippen LogP contribution in [0.25, 0.3) is 0 Å². The monoisotopic (exact) mass is 294 g/mol. The Morgan fingerprint density at radius 1 is 1.33 bits per heavy atom. The summed E-state index contributed by atoms with van der Waals surface area (Å²) in [7, 11) is 1.70. The number of ether oxygens (including phenoxy) is 2. The number of nitrogens with zero attached hydrogens (tertiary/aromatic N) is 2. The fourth-order valence-corrected chi connectivity index (χ4v) is 3.16. The van der Waals surface area contributed by atoms with Crippen molar-refractivity contribution in [3.05, 3.63) is 11.7 Å². The molecule has 1 aromatic rings. The summed E-state index contributed by atoms with van der Waals surface area (Å²) in [4.78, 5) is 16.4. The number of methoxy groups -OCH3 is 1. The maximum Gasteiger partial charge on any atom is 0.239 e. The van der Waals surface area contributed by atoms with Gasteiger partial charge in [-0.3, -0.25) is 4.79 Å². The van der Waals surface area contributed by atoms with E-state index in [4.69, 9.17) is 14.0 Å². The first kappa shape index (κ1) is 14.7. The molecule has 1 saturated carbocycles. The lowest BCUT2D eigenvalue weighted by Crippen LogP contribution is -2.34. The van der Waals surface area contributed by atoms with E-state index in [9.17, 15) is 4.79 Å². The SMILES string of the molecule is COC1(c2noc(C3COCCC3=O)n2)CCC(C)CC1. The van der Waals surface area contributed by atoms with Crippen LogP contribution in [0.3, 0.4) is 0 Å². The van der Waals surface area contributed by atoms with Crippen LogP contribution in [0.2, 0.25) is 0 Å². The fourth-order valence-electron chi connectivity index (χ4n) is 3.16. The number of hydrogen-bond acceptors (Lipinski definition) is 6. The minimum Gasteiger partial charge on any atom is -0.380 e. The quantitative estimate of drug-likeness (QED) is 0.850. The normalized spacial score (nSPS) is 34.1. The molecule has 2 fully saturated rings. The number of hydrogen-bond donors (Lipinski definition) is 0. The van der Waals surface area contributed by atoms with Gasteiger partial charge in [-0.05, 0) is 31.6 Å². The molecule has 0 aromatic carbocycles. The highest BCUT2D eigenvalue weighted by atomic mass is 16.5. The van der Waals surface area contributed by atoms with Crippen molar-refractivity contribution in [3.63, 3.8) is 0 Å². The highest BCUT2D eigenvalue weighted by molar-refractivity contribution is 5.85. The molecule has 0 spiro atoms. The molecule has 6 nitrogen and oxygen atoms in total. The molecule has 1 atom stereocenters. The minimum absolute atomic E-state index is 0.111. The molecule has 2 heterocycles. The van der Waals surface area contributed by atoms with E-state index in [0.29, 0.717) is 37.3 Å². The average molecular weight is 294 g/mol. The van der Waals surface area contributed by atoms with Crippen LogP contribution in [0, 0.1) is 5.92 Å². The summed E-state index contributed by atoms with van der Waals surface area (Å²) < 4.78 is 16.4. The van der Waals surface area contributed by atoms with Gasteiger partial charge in [0, 0.05) is 13.5 Å². The van der Waals surface area contributed by atoms with Crippen LogP contribution < -0.4 is 0 Å². The molecule has 0 amide bonds. The third-order valence-corrected chi connectivity index (χ3v) is 4.79. The van der Waals surface area contributed by atoms with Crippen molar-refractivity contribution in [3.8, 4) is 0 Å². The lowest BCUT2D eigenvalue weighted by atomic mass is 9.79. The van der Waals surface area contributed by atoms with Crippen LogP contribution in [0.5, 0.6) is 0 Å². The molecule has 6 heteroatoms. The zero-order valence-electron chi connectivity index (χ0n) is 12.6. The molecule has 2 aliphatic rings. The number of ketones is 1. The highest BCUT2D eigenvalue weighted by Crippen LogP contribution is 2.41. The van der Waals surface area contributed by atoms with E-state index in [0.717, 1.165) is 25.7 Å². The van der Waals surface area contributed by atoms with Gasteiger partial charge in [-0.25, -0.2) is 0 Å². The Hall–Kier alpha value is -1.27. The van der Waals surface area contributed by atoms with Crippen molar-refractivity contribution >= 4 is 5.78 Å². The molecule has 0 radical (unpaired) electrons. The topological polar surface area (TPSA) is 74.5 Å². The van der Waals surface area contributed by atoms with Gasteiger partial charge in [0.1, 0.15) is 17.3 Å². The summed E-state index contributed by atoms with van der Waals surface area (Å²) in [6.45, 7) is 3.06. The number of rotatable bonds is 3. The molecule has 1 saturated heterocycles. The summed E-state index contributed by atoms with van der Waals surface area (Å²) in [5, 5.41) is 4.10. The zero-order valence-corrected chi connectivity index (χ0v) is 12.6. The first-order chi connectivity index (χ1) is 10.1. The summed E-state index contributed by atoms with van der Waals surface area (Å²) >= 11 is 0. The molecule has 1 unspecified atom stereocenters. The molecule has 3 rings (SSSR count). The van der Waals surface area contributed by atoms with E-state index in [-0.39, 0.29) is 5.78 Å². The largest absolute Gasteiger partial charge is 0.380 e. The summed E-state index contributed by atoms with van der Waals surface area (Å²) in [6, 6.07) is 0. The first-order valence-electron chi connectivity index (χ1n) is 7.64. The third-order valence-electron chi connectivity index (χ3n) is 4.79. The molecule has 1 aromatic heterocycles. The van der Waals surface area contributed by atoms with Crippen molar-refractivity contribution in [2.24, 2.45) is 5.92 Å². The Kier molecular flexibility index (Phi) is 4.08. The predicted molar refractivity (Wildman–Crippen MR) is 73.8 cm³/mol. The maximum absolute atomic E-state index is 11.9. The molecular weight excluding hydrogens is 272 g/mol. The summed E-state index contributed by atoms with van der Waals surface area (Å²) in [5.74, 6) is 1.33. The summed E-state index contributed by atoms with van der Waals surface area (Å²) in [6.07, 6.45) is 4.36. The van der Waals surface area contributed by atoms with E-state index in [1.165, 1.54) is 0 Å². The Morgan fingerprint density at radius 3 is 2.76 bits per heavy atom. The van der Waals surface area contributed by atoms with Gasteiger partial charge in [0.2, 0.25) is 11.7 Å². The van der Waals surface area contributed by atoms with Crippen molar-refractivity contribution in [1.82, 2.24) is 10.1 Å². The summed E-state index contributed by atoms with van der Waals surface area (Å²) in [5.41, 5.74) is -0.465. The van der Waals surface area contributed by atoms with Gasteiger partial charge in [-0.2, -0.15) is 4.98 Å². The molecule has 1 aliphatic heterocycles. The zero-order chi connectivity index (χ0) is 14.9. The van der Waals surface area contributed by atoms with Gasteiger partial charge in [-0.1, -0.05) is 12.1 Å². The van der Waals surface area contributed by atoms with E-state index in [1.54, 1.807) is 7.11 Å². The maximum atomic E-state index is 11.9. The molecule has 0 bridgehead atoms. The Morgan fingerprint density at radius 2 is 2.10 bits per heavy atom. The standard InChI is InChI=1S/C15H22N2O4/c1-10-3-6-15(19-2,7-4-10)14-16-13(21-17-14)11-9-20-8-5-12(11)18/h10-11H,3-9H2,1-2H3. The van der Waals surface area contributed by atoms with E-state index < -0.39 is 11.5 Å². The molecular formula is C15H22N2O4. The number of carbonyl (C=O) groups is 1. The van der Waals surface area contributed by atoms with Gasteiger partial charge in [0.05, 0.1) is 13.2 Å². The van der Waals surface area contributed by atoms with Crippen LogP contribution in [0.15, 0.2) is 4.52 Å². The molecule has 116 valence electrons. The van der Waals surface area contributed by atoms with E-state index in [1.807, 2.05) is 0 Å². The minimum atomic E-state index is -0.465. The molecule has 21 heavy (non-hydrogen) atoms. The van der Waals surface area contributed by atoms with Crippen LogP contribution >= 0.6 is 0 Å². The molecule has 0 N–H and O–H groups in total. The van der Waals surface area contributed by atoms with Crippen LogP contribution in [-0.4, -0.2) is 36.2 Å². The Labute approximate surface area is 124 Å². The van der Waals surface area contributed by atoms with E-state index in [2.05, 4.69) is 17.1 Å². The molecule has 1 aliphatic carbocycles. The smallest absolute Gasteiger partial charge is 0.239 e. The Balaban J connectivity index is 1.81. The fraction of sp³-hybridized carbons (Fsp3) is 0.800. The van der Waals surface area contributed by atoms with Gasteiger partial charge in [0.25, 0.3) is 0 Å². The van der Waals surface area contributed by atoms with Crippen molar-refractivity contribution in [2.75, 3.05) is 20.3 Å². The van der Waals surface area contributed by atoms with Crippen LogP contribution in [0.1, 0.15) is 56.7 Å². The van der Waals surface area contributed by atoms with Crippen molar-refractivity contribution in [2.45, 2.75) is 50.5 Å². The van der Waals surface area contributed by atoms with Gasteiger partial charge in [0.15, 0.2) is 0 Å². The van der Waals surface area contributed by atoms with Gasteiger partial charge >= 0.3 is 0 Å². The van der Waals surface area contributed by atoms with Gasteiger partial charge < -0.3 is 14.0 Å². The second-order valence-electron chi connectivity index (χ2n) is 6.18. The van der Waals surface area contributed by atoms with E-state index >= 15 is 0 Å². The third kappa shape index (κ3) is 2.74. The number of carbonyl (C=O) groups excluding carboxylic acids is 1. The predicted octanol–water partition coefficient (Wildman–Crippen LogP) is 2.19. The van der Waals surface area contributed by atoms with Crippen molar-refractivity contribution < 1.29 is 18.8 Å². The number of aromatic nitrogens is 2. The lowest BCUT2D eigenvalue weighted by molar-refractivity contribution is -0.127. The average Bonchev–Trinajstić information content (AvgIpc) is 2.99. The van der Waals surface area contributed by atoms with Crippen molar-refractivity contribution in [1.29, 1.82) is 0 Å². The number of Topliss-reactive ketones (excluding diaryl/α,β-unsaturated/α-hetero) is 1. The lowest BCUT2D eigenvalue weighted by Gasteiger charge is -2.35. The second kappa shape index (κ2) is 5.85. The second-order valence-corrected chi connectivity index (χ2v) is 6.18. The Bertz CT molecular complexity index is 506. The highest BCUT2D eigenvalue weighted by Gasteiger charge is 2.41. The van der Waals surface area contributed by atoms with Crippen LogP contribution in [0.4, 0.5) is 0 Å². The first-order valence-corrected chi connectivity index (χ1v) is 7.64. The van der Waals surface area contributed by atoms with Crippen LogP contribution in [-0.2, 0) is 19.9 Å². The van der Waals surface area contributed by atoms with Gasteiger partial charge in [-0.15, -0.1) is 0 Å².